The molecular weight excluding hydrogens is 356 g/mol. The third kappa shape index (κ3) is 3.07. The van der Waals surface area contributed by atoms with Crippen molar-refractivity contribution in [2.75, 3.05) is 7.11 Å². The molecule has 7 nitrogen and oxygen atoms in total. The summed E-state index contributed by atoms with van der Waals surface area (Å²) in [6.45, 7) is 0.235. The van der Waals surface area contributed by atoms with Crippen LogP contribution in [0.2, 0.25) is 0 Å². The van der Waals surface area contributed by atoms with Crippen LogP contribution in [0.4, 0.5) is 0 Å². The van der Waals surface area contributed by atoms with E-state index >= 15 is 0 Å². The number of carbonyl (C=O) groups excluding carboxylic acids is 1. The lowest BCUT2D eigenvalue weighted by Gasteiger charge is -2.13. The molecule has 0 radical (unpaired) electrons. The first kappa shape index (κ1) is 17.7. The minimum absolute atomic E-state index is 0.143. The van der Waals surface area contributed by atoms with Crippen LogP contribution >= 0.6 is 0 Å². The molecule has 0 aliphatic carbocycles. The van der Waals surface area contributed by atoms with Crippen LogP contribution in [-0.2, 0) is 18.3 Å². The normalized spacial score (nSPS) is 10.9. The van der Waals surface area contributed by atoms with Gasteiger partial charge in [0.15, 0.2) is 0 Å². The van der Waals surface area contributed by atoms with E-state index in [1.807, 2.05) is 49.6 Å². The summed E-state index contributed by atoms with van der Waals surface area (Å²) in [5, 5.41) is 0. The molecule has 140 valence electrons. The summed E-state index contributed by atoms with van der Waals surface area (Å²) in [5.41, 5.74) is 2.88. The number of hydrogen-bond acceptors (Lipinski definition) is 5. The Bertz CT molecular complexity index is 1210. The molecule has 0 N–H and O–H groups in total. The highest BCUT2D eigenvalue weighted by atomic mass is 16.5. The third-order valence-electron chi connectivity index (χ3n) is 4.58. The monoisotopic (exact) mass is 374 g/mol. The van der Waals surface area contributed by atoms with Crippen LogP contribution in [-0.4, -0.2) is 32.2 Å². The molecule has 0 atom stereocenters. The van der Waals surface area contributed by atoms with Crippen molar-refractivity contribution >= 4 is 17.0 Å². The van der Waals surface area contributed by atoms with Crippen molar-refractivity contribution in [3.63, 3.8) is 0 Å². The number of rotatable bonds is 4. The largest absolute Gasteiger partial charge is 0.465 e. The van der Waals surface area contributed by atoms with E-state index in [0.717, 1.165) is 5.56 Å². The standard InChI is InChI=1S/C21H18N4O3/c1-24-11-10-17-18(24)20(26)25(19(23-17)14-6-4-3-5-7-14)13-16-9-8-15(12-22-16)21(27)28-2/h3-12H,13H2,1-2H3. The average Bonchev–Trinajstić information content (AvgIpc) is 3.11. The van der Waals surface area contributed by atoms with Gasteiger partial charge in [0.05, 0.1) is 30.4 Å². The van der Waals surface area contributed by atoms with Gasteiger partial charge in [0.25, 0.3) is 5.56 Å². The number of carbonyl (C=O) groups is 1. The highest BCUT2D eigenvalue weighted by molar-refractivity contribution is 5.88. The Balaban J connectivity index is 1.85. The van der Waals surface area contributed by atoms with Gasteiger partial charge < -0.3 is 9.30 Å². The molecule has 0 unspecified atom stereocenters. The summed E-state index contributed by atoms with van der Waals surface area (Å²) in [6.07, 6.45) is 3.27. The number of fused-ring (bicyclic) bond motifs is 1. The molecule has 3 aromatic heterocycles. The Hall–Kier alpha value is -3.74. The highest BCUT2D eigenvalue weighted by Gasteiger charge is 2.16. The smallest absolute Gasteiger partial charge is 0.339 e. The predicted octanol–water partition coefficient (Wildman–Crippen LogP) is 2.63. The van der Waals surface area contributed by atoms with Gasteiger partial charge in [-0.15, -0.1) is 0 Å². The molecule has 0 saturated carbocycles. The maximum absolute atomic E-state index is 13.2. The lowest BCUT2D eigenvalue weighted by atomic mass is 10.2. The summed E-state index contributed by atoms with van der Waals surface area (Å²) in [4.78, 5) is 33.9. The van der Waals surface area contributed by atoms with E-state index in [9.17, 15) is 9.59 Å². The summed E-state index contributed by atoms with van der Waals surface area (Å²) in [5.74, 6) is 0.122. The number of ether oxygens (including phenoxy) is 1. The first-order valence-corrected chi connectivity index (χ1v) is 8.73. The lowest BCUT2D eigenvalue weighted by molar-refractivity contribution is 0.0600. The van der Waals surface area contributed by atoms with Crippen LogP contribution in [0.1, 0.15) is 16.1 Å². The first-order valence-electron chi connectivity index (χ1n) is 8.73. The summed E-state index contributed by atoms with van der Waals surface area (Å²) < 4.78 is 8.07. The second kappa shape index (κ2) is 7.11. The summed E-state index contributed by atoms with van der Waals surface area (Å²) in [6, 6.07) is 14.7. The van der Waals surface area contributed by atoms with E-state index in [4.69, 9.17) is 9.72 Å². The molecule has 28 heavy (non-hydrogen) atoms. The van der Waals surface area contributed by atoms with Gasteiger partial charge in [0.2, 0.25) is 0 Å². The van der Waals surface area contributed by atoms with E-state index in [0.29, 0.717) is 28.1 Å². The van der Waals surface area contributed by atoms with E-state index < -0.39 is 5.97 Å². The van der Waals surface area contributed by atoms with Gasteiger partial charge in [-0.3, -0.25) is 14.3 Å². The Morgan fingerprint density at radius 3 is 2.57 bits per heavy atom. The number of aromatic nitrogens is 4. The molecule has 0 aliphatic heterocycles. The fourth-order valence-electron chi connectivity index (χ4n) is 3.14. The van der Waals surface area contributed by atoms with Gasteiger partial charge in [-0.25, -0.2) is 9.78 Å². The van der Waals surface area contributed by atoms with Crippen molar-refractivity contribution in [2.45, 2.75) is 6.54 Å². The molecule has 0 amide bonds. The zero-order valence-electron chi connectivity index (χ0n) is 15.5. The SMILES string of the molecule is COC(=O)c1ccc(Cn2c(-c3ccccc3)nc3ccn(C)c3c2=O)nc1. The maximum atomic E-state index is 13.2. The predicted molar refractivity (Wildman–Crippen MR) is 105 cm³/mol. The molecule has 0 bridgehead atoms. The number of hydrogen-bond donors (Lipinski definition) is 0. The second-order valence-corrected chi connectivity index (χ2v) is 6.38. The summed E-state index contributed by atoms with van der Waals surface area (Å²) in [7, 11) is 3.14. The Morgan fingerprint density at radius 1 is 1.11 bits per heavy atom. The van der Waals surface area contributed by atoms with Crippen LogP contribution in [0.5, 0.6) is 0 Å². The third-order valence-corrected chi connectivity index (χ3v) is 4.58. The summed E-state index contributed by atoms with van der Waals surface area (Å²) >= 11 is 0. The van der Waals surface area contributed by atoms with Crippen LogP contribution in [0.25, 0.3) is 22.4 Å². The molecule has 4 aromatic rings. The van der Waals surface area contributed by atoms with Crippen molar-refractivity contribution in [3.8, 4) is 11.4 Å². The highest BCUT2D eigenvalue weighted by Crippen LogP contribution is 2.20. The molecular formula is C21H18N4O3. The van der Waals surface area contributed by atoms with Gasteiger partial charge >= 0.3 is 5.97 Å². The topological polar surface area (TPSA) is 79.0 Å². The van der Waals surface area contributed by atoms with Crippen LogP contribution in [0, 0.1) is 0 Å². The molecule has 0 spiro atoms. The second-order valence-electron chi connectivity index (χ2n) is 6.38. The minimum atomic E-state index is -0.451. The van der Waals surface area contributed by atoms with Gasteiger partial charge in [-0.1, -0.05) is 30.3 Å². The number of pyridine rings is 1. The molecule has 3 heterocycles. The van der Waals surface area contributed by atoms with Crippen molar-refractivity contribution < 1.29 is 9.53 Å². The Morgan fingerprint density at radius 2 is 1.89 bits per heavy atom. The van der Waals surface area contributed by atoms with E-state index in [2.05, 4.69) is 4.98 Å². The minimum Gasteiger partial charge on any atom is -0.465 e. The van der Waals surface area contributed by atoms with Crippen molar-refractivity contribution in [2.24, 2.45) is 7.05 Å². The van der Waals surface area contributed by atoms with Crippen LogP contribution < -0.4 is 5.56 Å². The van der Waals surface area contributed by atoms with E-state index in [1.165, 1.54) is 13.3 Å². The molecule has 0 aliphatic rings. The quantitative estimate of drug-likeness (QED) is 0.513. The van der Waals surface area contributed by atoms with E-state index in [1.54, 1.807) is 21.3 Å². The molecule has 1 aromatic carbocycles. The Kier molecular flexibility index (Phi) is 4.49. The van der Waals surface area contributed by atoms with E-state index in [-0.39, 0.29) is 12.1 Å². The van der Waals surface area contributed by atoms with Crippen molar-refractivity contribution in [3.05, 3.63) is 82.5 Å². The maximum Gasteiger partial charge on any atom is 0.339 e. The number of esters is 1. The van der Waals surface area contributed by atoms with Gasteiger partial charge in [-0.2, -0.15) is 0 Å². The fourth-order valence-corrected chi connectivity index (χ4v) is 3.14. The molecule has 0 fully saturated rings. The van der Waals surface area contributed by atoms with Crippen molar-refractivity contribution in [1.29, 1.82) is 0 Å². The average molecular weight is 374 g/mol. The zero-order chi connectivity index (χ0) is 19.7. The van der Waals surface area contributed by atoms with Crippen LogP contribution in [0.3, 0.4) is 0 Å². The Labute approximate surface area is 160 Å². The van der Waals surface area contributed by atoms with Gasteiger partial charge in [-0.05, 0) is 18.2 Å². The fraction of sp³-hybridized carbons (Fsp3) is 0.143. The molecule has 4 rings (SSSR count). The van der Waals surface area contributed by atoms with Gasteiger partial charge in [0.1, 0.15) is 11.3 Å². The number of methoxy groups -OCH3 is 1. The van der Waals surface area contributed by atoms with Crippen LogP contribution in [0.15, 0.2) is 65.7 Å². The number of nitrogens with zero attached hydrogens (tertiary/aromatic N) is 4. The molecule has 7 heteroatoms. The van der Waals surface area contributed by atoms with Gasteiger partial charge in [0, 0.05) is 25.0 Å². The number of benzene rings is 1. The number of aryl methyl sites for hydroxylation is 1. The zero-order valence-corrected chi connectivity index (χ0v) is 15.5. The molecule has 0 saturated heterocycles. The first-order chi connectivity index (χ1) is 13.6. The lowest BCUT2D eigenvalue weighted by Crippen LogP contribution is -2.25. The van der Waals surface area contributed by atoms with Crippen molar-refractivity contribution in [1.82, 2.24) is 19.1 Å².